The van der Waals surface area contributed by atoms with E-state index < -0.39 is 0 Å². The van der Waals surface area contributed by atoms with Gasteiger partial charge in [-0.15, -0.1) is 11.6 Å². The molecular weight excluding hydrogens is 224 g/mol. The van der Waals surface area contributed by atoms with Crippen LogP contribution in [-0.2, 0) is 0 Å². The fraction of sp³-hybridized carbons (Fsp3) is 0.750. The van der Waals surface area contributed by atoms with Gasteiger partial charge in [-0.2, -0.15) is 4.37 Å². The molecule has 0 atom stereocenters. The molecule has 0 amide bonds. The summed E-state index contributed by atoms with van der Waals surface area (Å²) >= 11 is 8.89. The molecule has 1 fully saturated rings. The molecule has 0 aliphatic heterocycles. The number of nitrogens with zero attached hydrogens (tertiary/aromatic N) is 2. The molecule has 1 aliphatic carbocycles. The molecule has 0 saturated heterocycles. The van der Waals surface area contributed by atoms with E-state index in [1.54, 1.807) is 11.8 Å². The van der Waals surface area contributed by atoms with Crippen molar-refractivity contribution in [2.24, 2.45) is 0 Å². The van der Waals surface area contributed by atoms with E-state index in [0.717, 1.165) is 28.2 Å². The number of aromatic nitrogens is 2. The Morgan fingerprint density at radius 2 is 2.38 bits per heavy atom. The molecule has 1 aromatic heterocycles. The molecule has 1 saturated carbocycles. The third-order valence-electron chi connectivity index (χ3n) is 1.87. The highest BCUT2D eigenvalue weighted by molar-refractivity contribution is 8.00. The number of halogens is 1. The van der Waals surface area contributed by atoms with Crippen LogP contribution in [0.4, 0.5) is 0 Å². The van der Waals surface area contributed by atoms with E-state index in [1.165, 1.54) is 24.4 Å². The Bertz CT molecular complexity index is 273. The van der Waals surface area contributed by atoms with Gasteiger partial charge >= 0.3 is 0 Å². The number of rotatable bonds is 5. The zero-order valence-electron chi connectivity index (χ0n) is 7.20. The van der Waals surface area contributed by atoms with Crippen LogP contribution >= 0.6 is 34.9 Å². The van der Waals surface area contributed by atoms with Gasteiger partial charge in [-0.1, -0.05) is 11.8 Å². The predicted octanol–water partition coefficient (Wildman–Crippen LogP) is 3.14. The fourth-order valence-electron chi connectivity index (χ4n) is 1.00. The standard InChI is InChI=1S/C8H11ClN2S2/c9-4-1-5-12-8-10-7(11-13-8)6-2-3-6/h6H,1-5H2. The second kappa shape index (κ2) is 4.62. The summed E-state index contributed by atoms with van der Waals surface area (Å²) < 4.78 is 5.44. The molecule has 0 radical (unpaired) electrons. The lowest BCUT2D eigenvalue weighted by Gasteiger charge is -1.91. The Morgan fingerprint density at radius 3 is 3.08 bits per heavy atom. The van der Waals surface area contributed by atoms with Gasteiger partial charge in [0.1, 0.15) is 5.82 Å². The molecule has 0 spiro atoms. The molecule has 2 rings (SSSR count). The van der Waals surface area contributed by atoms with Crippen molar-refractivity contribution in [3.63, 3.8) is 0 Å². The van der Waals surface area contributed by atoms with Crippen LogP contribution in [0.3, 0.4) is 0 Å². The fourth-order valence-corrected chi connectivity index (χ4v) is 2.98. The van der Waals surface area contributed by atoms with Gasteiger partial charge in [-0.3, -0.25) is 0 Å². The van der Waals surface area contributed by atoms with Gasteiger partial charge in [0.2, 0.25) is 0 Å². The van der Waals surface area contributed by atoms with Crippen LogP contribution in [0, 0.1) is 0 Å². The number of alkyl halides is 1. The van der Waals surface area contributed by atoms with E-state index in [4.69, 9.17) is 11.6 Å². The van der Waals surface area contributed by atoms with Crippen LogP contribution in [0.2, 0.25) is 0 Å². The lowest BCUT2D eigenvalue weighted by molar-refractivity contribution is 0.957. The van der Waals surface area contributed by atoms with Crippen LogP contribution in [0.5, 0.6) is 0 Å². The summed E-state index contributed by atoms with van der Waals surface area (Å²) in [6.45, 7) is 0. The molecule has 5 heteroatoms. The van der Waals surface area contributed by atoms with E-state index in [-0.39, 0.29) is 0 Å². The highest BCUT2D eigenvalue weighted by Gasteiger charge is 2.27. The quantitative estimate of drug-likeness (QED) is 0.445. The van der Waals surface area contributed by atoms with Crippen LogP contribution in [0.25, 0.3) is 0 Å². The lowest BCUT2D eigenvalue weighted by atomic mass is 10.4. The third-order valence-corrected chi connectivity index (χ3v) is 4.07. The van der Waals surface area contributed by atoms with Crippen molar-refractivity contribution in [3.8, 4) is 0 Å². The molecule has 0 unspecified atom stereocenters. The summed E-state index contributed by atoms with van der Waals surface area (Å²) in [5.74, 6) is 3.54. The molecule has 2 nitrogen and oxygen atoms in total. The largest absolute Gasteiger partial charge is 0.213 e. The molecule has 0 N–H and O–H groups in total. The van der Waals surface area contributed by atoms with E-state index in [1.807, 2.05) is 0 Å². The first-order chi connectivity index (χ1) is 6.40. The highest BCUT2D eigenvalue weighted by atomic mass is 35.5. The van der Waals surface area contributed by atoms with E-state index in [2.05, 4.69) is 9.36 Å². The van der Waals surface area contributed by atoms with Gasteiger partial charge in [0.25, 0.3) is 0 Å². The maximum Gasteiger partial charge on any atom is 0.170 e. The van der Waals surface area contributed by atoms with Crippen LogP contribution in [0.15, 0.2) is 4.34 Å². The number of hydrogen-bond acceptors (Lipinski definition) is 4. The third kappa shape index (κ3) is 2.82. The Labute approximate surface area is 91.3 Å². The second-order valence-corrected chi connectivity index (χ2v) is 5.56. The van der Waals surface area contributed by atoms with E-state index >= 15 is 0 Å². The zero-order chi connectivity index (χ0) is 9.10. The molecule has 1 aliphatic rings. The Hall–Kier alpha value is 0.200. The van der Waals surface area contributed by atoms with Crippen LogP contribution in [-0.4, -0.2) is 21.0 Å². The van der Waals surface area contributed by atoms with Gasteiger partial charge < -0.3 is 0 Å². The molecule has 72 valence electrons. The van der Waals surface area contributed by atoms with Crippen molar-refractivity contribution in [3.05, 3.63) is 5.82 Å². The molecule has 0 aromatic carbocycles. The van der Waals surface area contributed by atoms with Crippen molar-refractivity contribution in [1.82, 2.24) is 9.36 Å². The number of thioether (sulfide) groups is 1. The van der Waals surface area contributed by atoms with Crippen LogP contribution < -0.4 is 0 Å². The van der Waals surface area contributed by atoms with E-state index in [9.17, 15) is 0 Å². The van der Waals surface area contributed by atoms with Gasteiger partial charge in [0, 0.05) is 17.6 Å². The summed E-state index contributed by atoms with van der Waals surface area (Å²) in [5, 5.41) is 0. The topological polar surface area (TPSA) is 25.8 Å². The van der Waals surface area contributed by atoms with Crippen molar-refractivity contribution in [1.29, 1.82) is 0 Å². The molecule has 1 aromatic rings. The van der Waals surface area contributed by atoms with Crippen molar-refractivity contribution in [2.45, 2.75) is 29.5 Å². The Balaban J connectivity index is 1.82. The first kappa shape index (κ1) is 9.74. The molecule has 1 heterocycles. The normalized spacial score (nSPS) is 16.4. The maximum absolute atomic E-state index is 5.59. The Morgan fingerprint density at radius 1 is 1.54 bits per heavy atom. The summed E-state index contributed by atoms with van der Waals surface area (Å²) in [7, 11) is 0. The molecular formula is C8H11ClN2S2. The van der Waals surface area contributed by atoms with Crippen molar-refractivity contribution >= 4 is 34.9 Å². The average Bonchev–Trinajstić information content (AvgIpc) is 2.88. The lowest BCUT2D eigenvalue weighted by Crippen LogP contribution is -1.82. The van der Waals surface area contributed by atoms with Crippen LogP contribution in [0.1, 0.15) is 31.0 Å². The first-order valence-electron chi connectivity index (χ1n) is 4.42. The van der Waals surface area contributed by atoms with Gasteiger partial charge in [-0.25, -0.2) is 4.98 Å². The zero-order valence-corrected chi connectivity index (χ0v) is 9.59. The minimum absolute atomic E-state index is 0.679. The molecule has 0 bridgehead atoms. The second-order valence-electron chi connectivity index (χ2n) is 3.08. The minimum Gasteiger partial charge on any atom is -0.213 e. The predicted molar refractivity (Wildman–Crippen MR) is 57.9 cm³/mol. The summed E-state index contributed by atoms with van der Waals surface area (Å²) in [4.78, 5) is 4.47. The monoisotopic (exact) mass is 234 g/mol. The highest BCUT2D eigenvalue weighted by Crippen LogP contribution is 2.39. The van der Waals surface area contributed by atoms with Gasteiger partial charge in [-0.05, 0) is 30.8 Å². The maximum atomic E-state index is 5.59. The SMILES string of the molecule is ClCCCSc1nc(C2CC2)ns1. The summed E-state index contributed by atoms with van der Waals surface area (Å²) in [5.41, 5.74) is 0. The smallest absolute Gasteiger partial charge is 0.170 e. The van der Waals surface area contributed by atoms with Gasteiger partial charge in [0.05, 0.1) is 0 Å². The van der Waals surface area contributed by atoms with Crippen molar-refractivity contribution in [2.75, 3.05) is 11.6 Å². The average molecular weight is 235 g/mol. The molecule has 13 heavy (non-hydrogen) atoms. The summed E-state index contributed by atoms with van der Waals surface area (Å²) in [6.07, 6.45) is 3.61. The first-order valence-corrected chi connectivity index (χ1v) is 6.72. The number of hydrogen-bond donors (Lipinski definition) is 0. The minimum atomic E-state index is 0.679. The van der Waals surface area contributed by atoms with E-state index in [0.29, 0.717) is 5.92 Å². The van der Waals surface area contributed by atoms with Gasteiger partial charge in [0.15, 0.2) is 4.34 Å². The Kier molecular flexibility index (Phi) is 3.46. The van der Waals surface area contributed by atoms with Crippen molar-refractivity contribution < 1.29 is 0 Å². The summed E-state index contributed by atoms with van der Waals surface area (Å²) in [6, 6.07) is 0.